The maximum Gasteiger partial charge on any atom is 0.328 e. The second-order valence-corrected chi connectivity index (χ2v) is 17.1. The molecule has 0 unspecified atom stereocenters. The van der Waals surface area contributed by atoms with Crippen LogP contribution in [0.4, 0.5) is 5.69 Å². The van der Waals surface area contributed by atoms with Gasteiger partial charge in [0.25, 0.3) is 5.91 Å². The van der Waals surface area contributed by atoms with Gasteiger partial charge in [-0.05, 0) is 81.3 Å². The smallest absolute Gasteiger partial charge is 0.328 e. The van der Waals surface area contributed by atoms with Crippen molar-refractivity contribution in [1.82, 2.24) is 4.90 Å². The molecule has 0 saturated carbocycles. The molecule has 57 heavy (non-hydrogen) atoms. The summed E-state index contributed by atoms with van der Waals surface area (Å²) in [6.45, 7) is 13.0. The first-order valence-electron chi connectivity index (χ1n) is 19.5. The van der Waals surface area contributed by atoms with Crippen LogP contribution in [0.2, 0.25) is 5.02 Å². The largest absolute Gasteiger partial charge is 0.508 e. The third-order valence-electron chi connectivity index (χ3n) is 11.7. The first-order valence-corrected chi connectivity index (χ1v) is 19.9. The summed E-state index contributed by atoms with van der Waals surface area (Å²) in [5, 5.41) is 22.9. The molecular formula is C44H57ClN2O10. The number of hydrogen-bond acceptors (Lipinski definition) is 10. The van der Waals surface area contributed by atoms with Crippen LogP contribution in [0, 0.1) is 18.8 Å². The molecule has 3 heterocycles. The topological polar surface area (TPSA) is 155 Å². The number of aryl methyl sites for hydroxylation is 1. The van der Waals surface area contributed by atoms with E-state index in [4.69, 9.17) is 30.5 Å². The molecule has 4 bridgehead atoms. The third kappa shape index (κ3) is 9.57. The van der Waals surface area contributed by atoms with Gasteiger partial charge in [0.15, 0.2) is 0 Å². The van der Waals surface area contributed by atoms with Crippen LogP contribution in [0.3, 0.4) is 0 Å². The molecule has 13 heteroatoms. The fraction of sp³-hybridized carbons (Fsp3) is 0.545. The lowest BCUT2D eigenvalue weighted by molar-refractivity contribution is -0.187. The van der Waals surface area contributed by atoms with E-state index in [-0.39, 0.29) is 30.6 Å². The first kappa shape index (κ1) is 43.9. The maximum absolute atomic E-state index is 14.2. The van der Waals surface area contributed by atoms with E-state index >= 15 is 0 Å². The van der Waals surface area contributed by atoms with E-state index in [2.05, 4.69) is 0 Å². The van der Waals surface area contributed by atoms with Crippen molar-refractivity contribution in [2.24, 2.45) is 11.8 Å². The second kappa shape index (κ2) is 17.3. The van der Waals surface area contributed by atoms with Crippen LogP contribution in [-0.2, 0) is 46.2 Å². The molecule has 2 N–H and O–H groups in total. The summed E-state index contributed by atoms with van der Waals surface area (Å²) in [6, 6.07) is 7.42. The van der Waals surface area contributed by atoms with Crippen molar-refractivity contribution in [1.29, 1.82) is 0 Å². The molecule has 2 aromatic carbocycles. The SMILES string of the molecule is CO[C@@H]1/C=C/C=C(\C)Cc2cc(C)c(Cl)c(c2)N(C)C(=O)C[C@H](OC(=O)[C@H](C)N(C)C(=O)c2ccc(CC(C)C)c(O)c2)[C@]2(C)O[C@H]2[C@H](C)[C@@H]2C[C@@]1(O)CC(=O)O2. The van der Waals surface area contributed by atoms with Gasteiger partial charge in [0.2, 0.25) is 5.91 Å². The van der Waals surface area contributed by atoms with Crippen LogP contribution in [0.5, 0.6) is 5.75 Å². The number of rotatable bonds is 7. The average Bonchev–Trinajstić information content (AvgIpc) is 3.84. The van der Waals surface area contributed by atoms with Crippen molar-refractivity contribution in [3.05, 3.63) is 81.4 Å². The number of amides is 2. The highest BCUT2D eigenvalue weighted by Crippen LogP contribution is 2.49. The second-order valence-electron chi connectivity index (χ2n) is 16.7. The number of aromatic hydroxyl groups is 1. The predicted molar refractivity (Wildman–Crippen MR) is 216 cm³/mol. The standard InChI is InChI=1S/C44H57ClN2O10/c1-24(2)16-30-14-15-31(20-33(30)48)41(51)46(8)28(6)42(52)56-36-21-37(49)47(9)32-19-29(18-26(4)39(32)45)17-25(3)12-11-13-35(54-10)44(53)22-34(55-38(50)23-44)27(5)40-43(36,7)57-40/h11-15,18-20,24,27-28,34-36,40,48,53H,16-17,21-23H2,1-10H3/b13-11+,25-12+/t27-,28+,34+,35-,36+,40+,43+,44-/m1/s1. The maximum atomic E-state index is 14.2. The molecule has 3 aliphatic heterocycles. The Balaban J connectivity index is 1.48. The monoisotopic (exact) mass is 808 g/mol. The van der Waals surface area contributed by atoms with E-state index in [0.717, 1.165) is 16.7 Å². The summed E-state index contributed by atoms with van der Waals surface area (Å²) in [4.78, 5) is 57.4. The average molecular weight is 809 g/mol. The minimum atomic E-state index is -1.58. The van der Waals surface area contributed by atoms with Crippen molar-refractivity contribution in [3.63, 3.8) is 0 Å². The zero-order valence-corrected chi connectivity index (χ0v) is 35.4. The van der Waals surface area contributed by atoms with E-state index < -0.39 is 71.3 Å². The molecule has 8 atom stereocenters. The molecule has 0 radical (unpaired) electrons. The number of anilines is 1. The summed E-state index contributed by atoms with van der Waals surface area (Å²) >= 11 is 6.80. The van der Waals surface area contributed by atoms with Crippen LogP contribution in [0.1, 0.15) is 87.9 Å². The number of benzene rings is 2. The fourth-order valence-electron chi connectivity index (χ4n) is 7.98. The van der Waals surface area contributed by atoms with Gasteiger partial charge in [0.05, 0.1) is 29.7 Å². The van der Waals surface area contributed by atoms with Crippen molar-refractivity contribution >= 4 is 41.0 Å². The summed E-state index contributed by atoms with van der Waals surface area (Å²) in [5.74, 6) is -2.49. The highest BCUT2D eigenvalue weighted by atomic mass is 35.5. The fourth-order valence-corrected chi connectivity index (χ4v) is 8.22. The molecule has 2 saturated heterocycles. The Hall–Kier alpha value is -4.23. The minimum absolute atomic E-state index is 0.00344. The molecule has 2 fully saturated rings. The van der Waals surface area contributed by atoms with Gasteiger partial charge in [-0.2, -0.15) is 0 Å². The van der Waals surface area contributed by atoms with E-state index in [1.54, 1.807) is 38.3 Å². The van der Waals surface area contributed by atoms with Crippen molar-refractivity contribution in [3.8, 4) is 5.75 Å². The Morgan fingerprint density at radius 2 is 1.84 bits per heavy atom. The molecule has 2 amide bonds. The number of epoxide rings is 1. The van der Waals surface area contributed by atoms with Gasteiger partial charge in [0, 0.05) is 39.1 Å². The molecule has 0 spiro atoms. The number of aliphatic hydroxyl groups is 1. The van der Waals surface area contributed by atoms with E-state index in [1.807, 2.05) is 52.8 Å². The van der Waals surface area contributed by atoms with Crippen molar-refractivity contribution in [2.45, 2.75) is 122 Å². The lowest BCUT2D eigenvalue weighted by atomic mass is 9.78. The Morgan fingerprint density at radius 1 is 1.14 bits per heavy atom. The number of carbonyl (C=O) groups is 4. The van der Waals surface area contributed by atoms with Gasteiger partial charge >= 0.3 is 11.9 Å². The molecule has 3 aliphatic rings. The number of esters is 2. The number of hydrogen-bond donors (Lipinski definition) is 2. The number of ether oxygens (including phenoxy) is 4. The lowest BCUT2D eigenvalue weighted by Gasteiger charge is -2.41. The zero-order chi connectivity index (χ0) is 42.1. The van der Waals surface area contributed by atoms with E-state index in [0.29, 0.717) is 35.0 Å². The molecule has 2 aromatic rings. The van der Waals surface area contributed by atoms with Crippen LogP contribution in [0.15, 0.2) is 54.1 Å². The molecule has 0 aromatic heterocycles. The molecule has 5 rings (SSSR count). The van der Waals surface area contributed by atoms with Crippen LogP contribution in [0.25, 0.3) is 0 Å². The van der Waals surface area contributed by atoms with Gasteiger partial charge in [-0.1, -0.05) is 68.3 Å². The van der Waals surface area contributed by atoms with Gasteiger partial charge < -0.3 is 39.0 Å². The molecular weight excluding hydrogens is 752 g/mol. The normalized spacial score (nSPS) is 30.1. The quantitative estimate of drug-likeness (QED) is 0.241. The van der Waals surface area contributed by atoms with E-state index in [1.165, 1.54) is 36.9 Å². The van der Waals surface area contributed by atoms with Crippen LogP contribution >= 0.6 is 11.6 Å². The van der Waals surface area contributed by atoms with Gasteiger partial charge in [-0.15, -0.1) is 0 Å². The number of halogens is 1. The van der Waals surface area contributed by atoms with Crippen LogP contribution < -0.4 is 4.90 Å². The Bertz CT molecular complexity index is 1940. The highest BCUT2D eigenvalue weighted by Gasteiger charge is 2.64. The number of carbonyl (C=O) groups excluding carboxylic acids is 4. The number of nitrogens with zero attached hydrogens (tertiary/aromatic N) is 2. The number of phenolic OH excluding ortho intramolecular Hbond substituents is 1. The number of methoxy groups -OCH3 is 1. The van der Waals surface area contributed by atoms with Gasteiger partial charge in [-0.3, -0.25) is 14.4 Å². The molecule has 12 nitrogen and oxygen atoms in total. The Labute approximate surface area is 340 Å². The Kier molecular flexibility index (Phi) is 13.3. The molecule has 310 valence electrons. The third-order valence-corrected chi connectivity index (χ3v) is 12.2. The lowest BCUT2D eigenvalue weighted by Crippen LogP contribution is -2.53. The number of allylic oxidation sites excluding steroid dienone is 3. The summed E-state index contributed by atoms with van der Waals surface area (Å²) in [5.41, 5.74) is 1.26. The number of phenols is 1. The van der Waals surface area contributed by atoms with Gasteiger partial charge in [-0.25, -0.2) is 4.79 Å². The minimum Gasteiger partial charge on any atom is -0.508 e. The van der Waals surface area contributed by atoms with Crippen molar-refractivity contribution < 1.29 is 48.3 Å². The van der Waals surface area contributed by atoms with E-state index in [9.17, 15) is 29.4 Å². The van der Waals surface area contributed by atoms with Crippen molar-refractivity contribution in [2.75, 3.05) is 26.1 Å². The highest BCUT2D eigenvalue weighted by molar-refractivity contribution is 6.34. The first-order chi connectivity index (χ1) is 26.7. The van der Waals surface area contributed by atoms with Crippen LogP contribution in [-0.4, -0.2) is 102 Å². The number of likely N-dealkylation sites (N-methyl/N-ethyl adjacent to an activating group) is 1. The zero-order valence-electron chi connectivity index (χ0n) is 34.6. The Morgan fingerprint density at radius 3 is 2.49 bits per heavy atom. The number of fused-ring (bicyclic) bond motifs is 5. The predicted octanol–water partition coefficient (Wildman–Crippen LogP) is 6.28. The van der Waals surface area contributed by atoms with Gasteiger partial charge in [0.1, 0.15) is 41.3 Å². The summed E-state index contributed by atoms with van der Waals surface area (Å²) in [6.07, 6.45) is 2.64. The molecule has 0 aliphatic carbocycles. The summed E-state index contributed by atoms with van der Waals surface area (Å²) in [7, 11) is 4.55. The summed E-state index contributed by atoms with van der Waals surface area (Å²) < 4.78 is 24.0.